The molecule has 5 nitrogen and oxygen atoms in total. The molecule has 146 valence electrons. The normalized spacial score (nSPS) is 15.1. The maximum Gasteiger partial charge on any atom is 0.387 e. The van der Waals surface area contributed by atoms with E-state index < -0.39 is 6.61 Å². The van der Waals surface area contributed by atoms with E-state index in [4.69, 9.17) is 4.74 Å². The lowest BCUT2D eigenvalue weighted by molar-refractivity contribution is -0.0498. The van der Waals surface area contributed by atoms with Crippen LogP contribution in [0.1, 0.15) is 44.1 Å². The van der Waals surface area contributed by atoms with Crippen molar-refractivity contribution in [2.75, 3.05) is 20.2 Å². The minimum absolute atomic E-state index is 0.105. The topological polar surface area (TPSA) is 50.8 Å². The van der Waals surface area contributed by atoms with Crippen LogP contribution in [0.3, 0.4) is 0 Å². The van der Waals surface area contributed by atoms with Crippen LogP contribution in [-0.2, 0) is 11.3 Å². The van der Waals surface area contributed by atoms with Gasteiger partial charge in [-0.05, 0) is 37.0 Å². The summed E-state index contributed by atoms with van der Waals surface area (Å²) in [6.45, 7) is -1.21. The Morgan fingerprint density at radius 2 is 1.92 bits per heavy atom. The van der Waals surface area contributed by atoms with Gasteiger partial charge in [0.2, 0.25) is 0 Å². The molecule has 7 heteroatoms. The van der Waals surface area contributed by atoms with Gasteiger partial charge in [0.25, 0.3) is 0 Å². The Hall–Kier alpha value is -1.89. The Balaban J connectivity index is 1.60. The van der Waals surface area contributed by atoms with Crippen LogP contribution < -0.4 is 10.1 Å². The highest BCUT2D eigenvalue weighted by atomic mass is 19.3. The molecule has 0 heterocycles. The number of rotatable bonds is 9. The number of carbonyl (C=O) groups is 1. The van der Waals surface area contributed by atoms with Crippen LogP contribution in [0, 0.1) is 0 Å². The summed E-state index contributed by atoms with van der Waals surface area (Å²) in [4.78, 5) is 13.6. The lowest BCUT2D eigenvalue weighted by Gasteiger charge is -2.22. The van der Waals surface area contributed by atoms with Crippen LogP contribution >= 0.6 is 0 Å². The number of halogens is 2. The van der Waals surface area contributed by atoms with Gasteiger partial charge in [-0.2, -0.15) is 8.78 Å². The molecule has 2 amide bonds. The molecule has 1 aromatic carbocycles. The van der Waals surface area contributed by atoms with E-state index in [-0.39, 0.29) is 11.8 Å². The van der Waals surface area contributed by atoms with Crippen LogP contribution in [-0.4, -0.2) is 43.8 Å². The molecule has 1 aromatic rings. The molecule has 0 saturated heterocycles. The summed E-state index contributed by atoms with van der Waals surface area (Å²) in [7, 11) is 1.69. The second-order valence-electron chi connectivity index (χ2n) is 6.59. The molecule has 1 saturated carbocycles. The van der Waals surface area contributed by atoms with Gasteiger partial charge < -0.3 is 19.7 Å². The smallest absolute Gasteiger partial charge is 0.387 e. The SMILES string of the molecule is CN(Cc1ccc(OC(F)F)cc1)C(=O)NCCCOC1CCCCC1. The fraction of sp³-hybridized carbons (Fsp3) is 0.632. The van der Waals surface area contributed by atoms with Crippen LogP contribution in [0.2, 0.25) is 0 Å². The number of urea groups is 1. The second-order valence-corrected chi connectivity index (χ2v) is 6.59. The number of alkyl halides is 2. The first kappa shape index (κ1) is 20.4. The van der Waals surface area contributed by atoms with E-state index in [2.05, 4.69) is 10.1 Å². The Morgan fingerprint density at radius 1 is 1.23 bits per heavy atom. The zero-order valence-electron chi connectivity index (χ0n) is 15.3. The molecule has 0 bridgehead atoms. The Kier molecular flexibility index (Phi) is 8.61. The van der Waals surface area contributed by atoms with Crippen molar-refractivity contribution in [3.63, 3.8) is 0 Å². The average molecular weight is 370 g/mol. The first-order valence-corrected chi connectivity index (χ1v) is 9.19. The Labute approximate surface area is 153 Å². The van der Waals surface area contributed by atoms with Gasteiger partial charge in [0.05, 0.1) is 6.10 Å². The minimum atomic E-state index is -2.84. The molecule has 1 N–H and O–H groups in total. The third kappa shape index (κ3) is 7.56. The van der Waals surface area contributed by atoms with Crippen molar-refractivity contribution in [2.24, 2.45) is 0 Å². The number of amides is 2. The molecular formula is C19H28F2N2O3. The maximum absolute atomic E-state index is 12.1. The fourth-order valence-electron chi connectivity index (χ4n) is 3.01. The standard InChI is InChI=1S/C19H28F2N2O3/c1-23(14-15-8-10-17(11-9-15)26-18(20)21)19(24)22-12-5-13-25-16-6-3-2-4-7-16/h8-11,16,18H,2-7,12-14H2,1H3,(H,22,24). The quantitative estimate of drug-likeness (QED) is 0.664. The van der Waals surface area contributed by atoms with Crippen LogP contribution in [0.5, 0.6) is 5.75 Å². The zero-order chi connectivity index (χ0) is 18.8. The third-order valence-corrected chi connectivity index (χ3v) is 4.42. The van der Waals surface area contributed by atoms with Gasteiger partial charge in [0.1, 0.15) is 5.75 Å². The van der Waals surface area contributed by atoms with Gasteiger partial charge >= 0.3 is 12.6 Å². The zero-order valence-corrected chi connectivity index (χ0v) is 15.3. The van der Waals surface area contributed by atoms with Gasteiger partial charge in [-0.3, -0.25) is 0 Å². The van der Waals surface area contributed by atoms with E-state index in [9.17, 15) is 13.6 Å². The van der Waals surface area contributed by atoms with Crippen molar-refractivity contribution in [2.45, 2.75) is 57.8 Å². The summed E-state index contributed by atoms with van der Waals surface area (Å²) in [6, 6.07) is 6.10. The highest BCUT2D eigenvalue weighted by molar-refractivity contribution is 5.73. The van der Waals surface area contributed by atoms with Crippen molar-refractivity contribution >= 4 is 6.03 Å². The Bertz CT molecular complexity index is 534. The van der Waals surface area contributed by atoms with Crippen LogP contribution in [0.25, 0.3) is 0 Å². The molecule has 1 fully saturated rings. The first-order valence-electron chi connectivity index (χ1n) is 9.19. The number of benzene rings is 1. The summed E-state index contributed by atoms with van der Waals surface area (Å²) in [5.74, 6) is 0.105. The number of ether oxygens (including phenoxy) is 2. The molecule has 0 aromatic heterocycles. The third-order valence-electron chi connectivity index (χ3n) is 4.42. The number of nitrogens with zero attached hydrogens (tertiary/aromatic N) is 1. The maximum atomic E-state index is 12.1. The highest BCUT2D eigenvalue weighted by Gasteiger charge is 2.13. The molecular weight excluding hydrogens is 342 g/mol. The molecule has 0 spiro atoms. The predicted octanol–water partition coefficient (Wildman–Crippen LogP) is 4.17. The van der Waals surface area contributed by atoms with Gasteiger partial charge in [-0.15, -0.1) is 0 Å². The van der Waals surface area contributed by atoms with E-state index in [1.807, 2.05) is 0 Å². The lowest BCUT2D eigenvalue weighted by atomic mass is 9.98. The van der Waals surface area contributed by atoms with Gasteiger partial charge in [-0.1, -0.05) is 31.4 Å². The van der Waals surface area contributed by atoms with Crippen molar-refractivity contribution in [3.05, 3.63) is 29.8 Å². The number of nitrogens with one attached hydrogen (secondary N) is 1. The number of hydrogen-bond acceptors (Lipinski definition) is 3. The molecule has 1 aliphatic carbocycles. The minimum Gasteiger partial charge on any atom is -0.435 e. The van der Waals surface area contributed by atoms with E-state index in [1.54, 1.807) is 24.1 Å². The predicted molar refractivity (Wildman–Crippen MR) is 95.4 cm³/mol. The van der Waals surface area contributed by atoms with Crippen molar-refractivity contribution in [3.8, 4) is 5.75 Å². The number of hydrogen-bond donors (Lipinski definition) is 1. The largest absolute Gasteiger partial charge is 0.435 e. The van der Waals surface area contributed by atoms with Crippen molar-refractivity contribution < 1.29 is 23.0 Å². The summed E-state index contributed by atoms with van der Waals surface area (Å²) in [5.41, 5.74) is 0.838. The van der Waals surface area contributed by atoms with Gasteiger partial charge in [0.15, 0.2) is 0 Å². The summed E-state index contributed by atoms with van der Waals surface area (Å²) < 4.78 is 34.4. The molecule has 0 radical (unpaired) electrons. The average Bonchev–Trinajstić information content (AvgIpc) is 2.63. The molecule has 0 atom stereocenters. The van der Waals surface area contributed by atoms with E-state index in [0.717, 1.165) is 24.8 Å². The van der Waals surface area contributed by atoms with E-state index in [1.165, 1.54) is 31.4 Å². The van der Waals surface area contributed by atoms with E-state index in [0.29, 0.717) is 25.8 Å². The second kappa shape index (κ2) is 11.0. The van der Waals surface area contributed by atoms with Gasteiger partial charge in [0, 0.05) is 26.7 Å². The molecule has 1 aliphatic rings. The Morgan fingerprint density at radius 3 is 2.58 bits per heavy atom. The first-order chi connectivity index (χ1) is 12.5. The van der Waals surface area contributed by atoms with Crippen molar-refractivity contribution in [1.29, 1.82) is 0 Å². The lowest BCUT2D eigenvalue weighted by Crippen LogP contribution is -2.37. The van der Waals surface area contributed by atoms with Crippen LogP contribution in [0.15, 0.2) is 24.3 Å². The highest BCUT2D eigenvalue weighted by Crippen LogP contribution is 2.20. The van der Waals surface area contributed by atoms with Crippen LogP contribution in [0.4, 0.5) is 13.6 Å². The van der Waals surface area contributed by atoms with E-state index >= 15 is 0 Å². The molecule has 0 unspecified atom stereocenters. The number of carbonyl (C=O) groups excluding carboxylic acids is 1. The molecule has 0 aliphatic heterocycles. The summed E-state index contributed by atoms with van der Waals surface area (Å²) >= 11 is 0. The fourth-order valence-corrected chi connectivity index (χ4v) is 3.01. The summed E-state index contributed by atoms with van der Waals surface area (Å²) in [6.07, 6.45) is 7.29. The summed E-state index contributed by atoms with van der Waals surface area (Å²) in [5, 5.41) is 2.86. The van der Waals surface area contributed by atoms with Gasteiger partial charge in [-0.25, -0.2) is 4.79 Å². The monoisotopic (exact) mass is 370 g/mol. The molecule has 2 rings (SSSR count). The molecule has 26 heavy (non-hydrogen) atoms. The van der Waals surface area contributed by atoms with Crippen molar-refractivity contribution in [1.82, 2.24) is 10.2 Å².